The average Bonchev–Trinajstić information content (AvgIpc) is 2.83. The van der Waals surface area contributed by atoms with Gasteiger partial charge in [0, 0.05) is 9.86 Å². The molecule has 1 atom stereocenters. The van der Waals surface area contributed by atoms with Crippen LogP contribution in [0, 0.1) is 5.82 Å². The summed E-state index contributed by atoms with van der Waals surface area (Å²) in [6.07, 6.45) is 0. The summed E-state index contributed by atoms with van der Waals surface area (Å²) >= 11 is 3.36. The Kier molecular flexibility index (Phi) is 3.15. The third-order valence-electron chi connectivity index (χ3n) is 3.36. The number of rotatable bonds is 2. The third kappa shape index (κ3) is 2.25. The summed E-state index contributed by atoms with van der Waals surface area (Å²) in [5, 5.41) is 11.4. The Morgan fingerprint density at radius 1 is 1.10 bits per heavy atom. The van der Waals surface area contributed by atoms with Crippen LogP contribution in [-0.4, -0.2) is 5.11 Å². The maximum Gasteiger partial charge on any atom is 0.144 e. The van der Waals surface area contributed by atoms with Crippen molar-refractivity contribution < 1.29 is 13.9 Å². The highest BCUT2D eigenvalue weighted by molar-refractivity contribution is 9.10. The van der Waals surface area contributed by atoms with E-state index in [9.17, 15) is 9.50 Å². The molecule has 102 valence electrons. The van der Waals surface area contributed by atoms with E-state index >= 15 is 0 Å². The summed E-state index contributed by atoms with van der Waals surface area (Å²) in [5.41, 5.74) is -0.00469. The highest BCUT2D eigenvalue weighted by Crippen LogP contribution is 2.34. The van der Waals surface area contributed by atoms with E-state index in [1.54, 1.807) is 19.1 Å². The van der Waals surface area contributed by atoms with E-state index in [1.165, 1.54) is 12.1 Å². The number of furan rings is 1. The van der Waals surface area contributed by atoms with Crippen molar-refractivity contribution in [2.75, 3.05) is 0 Å². The average molecular weight is 335 g/mol. The SMILES string of the molecule is CC(O)(c1ccc(Br)cc1)c1cc2cc(F)ccc2o1. The molecule has 0 aliphatic rings. The lowest BCUT2D eigenvalue weighted by Gasteiger charge is -2.21. The molecule has 1 unspecified atom stereocenters. The third-order valence-corrected chi connectivity index (χ3v) is 3.89. The van der Waals surface area contributed by atoms with Gasteiger partial charge in [-0.3, -0.25) is 0 Å². The molecule has 1 N–H and O–H groups in total. The van der Waals surface area contributed by atoms with Crippen LogP contribution in [0.1, 0.15) is 18.2 Å². The van der Waals surface area contributed by atoms with Gasteiger partial charge in [0.15, 0.2) is 0 Å². The van der Waals surface area contributed by atoms with Gasteiger partial charge in [0.25, 0.3) is 0 Å². The minimum absolute atomic E-state index is 0.326. The molecule has 0 bridgehead atoms. The van der Waals surface area contributed by atoms with Crippen LogP contribution in [-0.2, 0) is 5.60 Å². The fourth-order valence-electron chi connectivity index (χ4n) is 2.17. The molecular weight excluding hydrogens is 323 g/mol. The molecule has 0 fully saturated rings. The smallest absolute Gasteiger partial charge is 0.144 e. The molecule has 3 aromatic rings. The summed E-state index contributed by atoms with van der Waals surface area (Å²) < 4.78 is 19.8. The zero-order valence-corrected chi connectivity index (χ0v) is 12.3. The van der Waals surface area contributed by atoms with Gasteiger partial charge in [0.05, 0.1) is 0 Å². The standard InChI is InChI=1S/C16H12BrFO2/c1-16(19,11-2-4-12(17)5-3-11)15-9-10-8-13(18)6-7-14(10)20-15/h2-9,19H,1H3. The van der Waals surface area contributed by atoms with Crippen molar-refractivity contribution in [2.24, 2.45) is 0 Å². The lowest BCUT2D eigenvalue weighted by molar-refractivity contribution is 0.0786. The fourth-order valence-corrected chi connectivity index (χ4v) is 2.44. The Morgan fingerprint density at radius 3 is 2.50 bits per heavy atom. The predicted molar refractivity (Wildman–Crippen MR) is 79.0 cm³/mol. The number of halogens is 2. The molecule has 2 nitrogen and oxygen atoms in total. The minimum Gasteiger partial charge on any atom is -0.458 e. The molecule has 4 heteroatoms. The van der Waals surface area contributed by atoms with E-state index in [2.05, 4.69) is 15.9 Å². The summed E-state index contributed by atoms with van der Waals surface area (Å²) in [5.74, 6) is 0.0635. The van der Waals surface area contributed by atoms with E-state index in [0.717, 1.165) is 4.47 Å². The Morgan fingerprint density at radius 2 is 1.80 bits per heavy atom. The number of fused-ring (bicyclic) bond motifs is 1. The maximum atomic E-state index is 13.2. The van der Waals surface area contributed by atoms with Crippen molar-refractivity contribution in [3.8, 4) is 0 Å². The van der Waals surface area contributed by atoms with Crippen LogP contribution < -0.4 is 0 Å². The van der Waals surface area contributed by atoms with Crippen molar-refractivity contribution in [3.05, 3.63) is 70.1 Å². The maximum absolute atomic E-state index is 13.2. The summed E-state index contributed by atoms with van der Waals surface area (Å²) in [6.45, 7) is 1.66. The normalized spacial score (nSPS) is 14.4. The van der Waals surface area contributed by atoms with Crippen LogP contribution in [0.3, 0.4) is 0 Å². The summed E-state index contributed by atoms with van der Waals surface area (Å²) in [7, 11) is 0. The van der Waals surface area contributed by atoms with E-state index < -0.39 is 5.60 Å². The van der Waals surface area contributed by atoms with Crippen molar-refractivity contribution in [1.29, 1.82) is 0 Å². The van der Waals surface area contributed by atoms with Gasteiger partial charge in [-0.15, -0.1) is 0 Å². The van der Waals surface area contributed by atoms with Gasteiger partial charge in [-0.05, 0) is 48.9 Å². The molecule has 3 rings (SSSR count). The highest BCUT2D eigenvalue weighted by Gasteiger charge is 2.29. The molecule has 0 radical (unpaired) electrons. The first-order chi connectivity index (χ1) is 9.46. The minimum atomic E-state index is -1.27. The molecule has 0 saturated carbocycles. The number of benzene rings is 2. The van der Waals surface area contributed by atoms with E-state index in [4.69, 9.17) is 4.42 Å². The molecule has 1 heterocycles. The zero-order chi connectivity index (χ0) is 14.3. The second kappa shape index (κ2) is 4.72. The van der Waals surface area contributed by atoms with Gasteiger partial charge >= 0.3 is 0 Å². The Bertz CT molecular complexity index is 760. The summed E-state index contributed by atoms with van der Waals surface area (Å²) in [6, 6.07) is 13.3. The van der Waals surface area contributed by atoms with Crippen molar-refractivity contribution in [1.82, 2.24) is 0 Å². The molecule has 2 aromatic carbocycles. The predicted octanol–water partition coefficient (Wildman–Crippen LogP) is 4.59. The topological polar surface area (TPSA) is 33.4 Å². The fraction of sp³-hybridized carbons (Fsp3) is 0.125. The van der Waals surface area contributed by atoms with Gasteiger partial charge in [0.1, 0.15) is 22.8 Å². The second-order valence-corrected chi connectivity index (χ2v) is 5.79. The molecule has 1 aromatic heterocycles. The molecule has 20 heavy (non-hydrogen) atoms. The highest BCUT2D eigenvalue weighted by atomic mass is 79.9. The van der Waals surface area contributed by atoms with Crippen LogP contribution in [0.2, 0.25) is 0 Å². The van der Waals surface area contributed by atoms with Gasteiger partial charge in [-0.2, -0.15) is 0 Å². The lowest BCUT2D eigenvalue weighted by Crippen LogP contribution is -2.21. The Hall–Kier alpha value is -1.65. The van der Waals surface area contributed by atoms with Crippen LogP contribution in [0.25, 0.3) is 11.0 Å². The largest absolute Gasteiger partial charge is 0.458 e. The number of aliphatic hydroxyl groups is 1. The first kappa shape index (κ1) is 13.3. The Labute approximate surface area is 124 Å². The van der Waals surface area contributed by atoms with E-state index in [1.807, 2.05) is 24.3 Å². The lowest BCUT2D eigenvalue weighted by atomic mass is 9.93. The quantitative estimate of drug-likeness (QED) is 0.743. The van der Waals surface area contributed by atoms with E-state index in [-0.39, 0.29) is 5.82 Å². The summed E-state index contributed by atoms with van der Waals surface area (Å²) in [4.78, 5) is 0. The molecule has 0 spiro atoms. The molecule has 0 amide bonds. The zero-order valence-electron chi connectivity index (χ0n) is 10.7. The Balaban J connectivity index is 2.10. The van der Waals surface area contributed by atoms with Gasteiger partial charge in [0.2, 0.25) is 0 Å². The van der Waals surface area contributed by atoms with Gasteiger partial charge in [-0.25, -0.2) is 4.39 Å². The molecule has 0 saturated heterocycles. The molecule has 0 aliphatic carbocycles. The van der Waals surface area contributed by atoms with E-state index in [0.29, 0.717) is 22.3 Å². The first-order valence-electron chi connectivity index (χ1n) is 6.15. The van der Waals surface area contributed by atoms with Gasteiger partial charge < -0.3 is 9.52 Å². The van der Waals surface area contributed by atoms with Gasteiger partial charge in [-0.1, -0.05) is 28.1 Å². The second-order valence-electron chi connectivity index (χ2n) is 4.87. The van der Waals surface area contributed by atoms with Crippen LogP contribution in [0.15, 0.2) is 57.4 Å². The number of hydrogen-bond donors (Lipinski definition) is 1. The molecular formula is C16H12BrFO2. The van der Waals surface area contributed by atoms with Crippen molar-refractivity contribution in [2.45, 2.75) is 12.5 Å². The first-order valence-corrected chi connectivity index (χ1v) is 6.94. The van der Waals surface area contributed by atoms with Crippen molar-refractivity contribution >= 4 is 26.9 Å². The van der Waals surface area contributed by atoms with Crippen LogP contribution in [0.4, 0.5) is 4.39 Å². The molecule has 0 aliphatic heterocycles. The monoisotopic (exact) mass is 334 g/mol. The van der Waals surface area contributed by atoms with Crippen LogP contribution >= 0.6 is 15.9 Å². The number of hydrogen-bond acceptors (Lipinski definition) is 2. The van der Waals surface area contributed by atoms with Crippen molar-refractivity contribution in [3.63, 3.8) is 0 Å². The van der Waals surface area contributed by atoms with Crippen LogP contribution in [0.5, 0.6) is 0 Å².